The maximum Gasteiger partial charge on any atom is 0.319 e. The molecule has 3 aliphatic rings. The SMILES string of the molecule is Cc1ncc(C(=O)N2CCC3(CC2)OCc2cc(C#N)ccc23)cc1NC(=O)NC1CCNCC1. The molecule has 0 radical (unpaired) electrons. The number of ether oxygens (including phenoxy) is 1. The zero-order chi connectivity index (χ0) is 24.4. The lowest BCUT2D eigenvalue weighted by molar-refractivity contribution is -0.0741. The fourth-order valence-corrected chi connectivity index (χ4v) is 5.27. The van der Waals surface area contributed by atoms with Gasteiger partial charge in [-0.05, 0) is 75.0 Å². The zero-order valence-electron chi connectivity index (χ0n) is 19.9. The zero-order valence-corrected chi connectivity index (χ0v) is 19.9. The molecular weight excluding hydrogens is 444 g/mol. The standard InChI is InChI=1S/C26H30N6O3/c1-17-23(31-25(34)30-21-4-8-28-9-5-21)13-19(15-29-17)24(33)32-10-6-26(7-11-32)22-3-2-18(14-27)12-20(22)16-35-26/h2-3,12-13,15,21,28H,4-11,16H2,1H3,(H2,30,31,34). The van der Waals surface area contributed by atoms with E-state index in [1.807, 2.05) is 30.0 Å². The van der Waals surface area contributed by atoms with Crippen LogP contribution in [0.5, 0.6) is 0 Å². The van der Waals surface area contributed by atoms with Crippen molar-refractivity contribution in [2.24, 2.45) is 0 Å². The topological polar surface area (TPSA) is 119 Å². The van der Waals surface area contributed by atoms with Gasteiger partial charge in [-0.3, -0.25) is 9.78 Å². The van der Waals surface area contributed by atoms with Crippen LogP contribution in [0.2, 0.25) is 0 Å². The van der Waals surface area contributed by atoms with Gasteiger partial charge in [0, 0.05) is 25.3 Å². The molecule has 9 nitrogen and oxygen atoms in total. The Hall–Kier alpha value is -3.48. The number of piperidine rings is 2. The summed E-state index contributed by atoms with van der Waals surface area (Å²) in [5.74, 6) is -0.104. The molecule has 1 spiro atoms. The van der Waals surface area contributed by atoms with Gasteiger partial charge < -0.3 is 25.6 Å². The summed E-state index contributed by atoms with van der Waals surface area (Å²) in [7, 11) is 0. The number of rotatable bonds is 3. The first-order valence-corrected chi connectivity index (χ1v) is 12.2. The Labute approximate surface area is 204 Å². The van der Waals surface area contributed by atoms with Crippen LogP contribution in [0.15, 0.2) is 30.5 Å². The Morgan fingerprint density at radius 2 is 2.00 bits per heavy atom. The van der Waals surface area contributed by atoms with Crippen molar-refractivity contribution < 1.29 is 14.3 Å². The van der Waals surface area contributed by atoms with Gasteiger partial charge in [0.25, 0.3) is 5.91 Å². The summed E-state index contributed by atoms with van der Waals surface area (Å²) in [5.41, 5.74) is 4.08. The van der Waals surface area contributed by atoms with Crippen LogP contribution in [0.4, 0.5) is 10.5 Å². The van der Waals surface area contributed by atoms with E-state index in [-0.39, 0.29) is 18.0 Å². The molecule has 3 aliphatic heterocycles. The Bertz CT molecular complexity index is 1180. The van der Waals surface area contributed by atoms with Gasteiger partial charge in [-0.2, -0.15) is 5.26 Å². The molecule has 1 aromatic heterocycles. The van der Waals surface area contributed by atoms with E-state index < -0.39 is 5.60 Å². The lowest BCUT2D eigenvalue weighted by Crippen LogP contribution is -2.45. The van der Waals surface area contributed by atoms with E-state index in [1.54, 1.807) is 12.3 Å². The van der Waals surface area contributed by atoms with Crippen LogP contribution in [0.3, 0.4) is 0 Å². The maximum absolute atomic E-state index is 13.3. The number of hydrogen-bond acceptors (Lipinski definition) is 6. The summed E-state index contributed by atoms with van der Waals surface area (Å²) in [4.78, 5) is 32.0. The number of fused-ring (bicyclic) bond motifs is 2. The number of aromatic nitrogens is 1. The molecule has 1 aromatic carbocycles. The van der Waals surface area contributed by atoms with Crippen molar-refractivity contribution in [1.29, 1.82) is 5.26 Å². The summed E-state index contributed by atoms with van der Waals surface area (Å²) in [6.07, 6.45) is 4.75. The largest absolute Gasteiger partial charge is 0.365 e. The van der Waals surface area contributed by atoms with Crippen molar-refractivity contribution in [1.82, 2.24) is 20.5 Å². The molecule has 0 saturated carbocycles. The first-order valence-electron chi connectivity index (χ1n) is 12.2. The number of carbonyl (C=O) groups is 2. The van der Waals surface area contributed by atoms with Gasteiger partial charge in [-0.1, -0.05) is 6.07 Å². The van der Waals surface area contributed by atoms with Crippen molar-refractivity contribution in [2.75, 3.05) is 31.5 Å². The van der Waals surface area contributed by atoms with Crippen LogP contribution in [0, 0.1) is 18.3 Å². The number of hydrogen-bond donors (Lipinski definition) is 3. The number of pyridine rings is 1. The summed E-state index contributed by atoms with van der Waals surface area (Å²) in [5, 5.41) is 18.3. The molecule has 0 bridgehead atoms. The van der Waals surface area contributed by atoms with Crippen LogP contribution >= 0.6 is 0 Å². The Morgan fingerprint density at radius 3 is 2.74 bits per heavy atom. The molecule has 2 aromatic rings. The van der Waals surface area contributed by atoms with Crippen molar-refractivity contribution in [3.63, 3.8) is 0 Å². The predicted molar refractivity (Wildman–Crippen MR) is 130 cm³/mol. The van der Waals surface area contributed by atoms with Crippen LogP contribution in [0.1, 0.15) is 58.4 Å². The third kappa shape index (κ3) is 4.72. The van der Waals surface area contributed by atoms with Crippen LogP contribution in [-0.2, 0) is 16.9 Å². The summed E-state index contributed by atoms with van der Waals surface area (Å²) in [6, 6.07) is 9.49. The van der Waals surface area contributed by atoms with Crippen molar-refractivity contribution in [3.8, 4) is 6.07 Å². The Balaban J connectivity index is 1.23. The molecule has 3 amide bonds. The van der Waals surface area contributed by atoms with Crippen molar-refractivity contribution in [2.45, 2.75) is 50.9 Å². The minimum atomic E-state index is -0.398. The lowest BCUT2D eigenvalue weighted by Gasteiger charge is -2.39. The first kappa shape index (κ1) is 23.3. The van der Waals surface area contributed by atoms with Gasteiger partial charge in [-0.15, -0.1) is 0 Å². The number of amides is 3. The maximum atomic E-state index is 13.3. The number of aryl methyl sites for hydroxylation is 1. The molecule has 5 rings (SSSR count). The van der Waals surface area contributed by atoms with Crippen LogP contribution < -0.4 is 16.0 Å². The second-order valence-electron chi connectivity index (χ2n) is 9.54. The second-order valence-corrected chi connectivity index (χ2v) is 9.54. The van der Waals surface area contributed by atoms with E-state index in [2.05, 4.69) is 27.0 Å². The molecule has 4 heterocycles. The number of nitrogens with one attached hydrogen (secondary N) is 3. The number of nitrogens with zero attached hydrogens (tertiary/aromatic N) is 3. The highest BCUT2D eigenvalue weighted by Gasteiger charge is 2.43. The average molecular weight is 475 g/mol. The first-order chi connectivity index (χ1) is 17.0. The molecule has 2 saturated heterocycles. The van der Waals surface area contributed by atoms with Gasteiger partial charge in [-0.25, -0.2) is 4.79 Å². The number of anilines is 1. The van der Waals surface area contributed by atoms with Crippen molar-refractivity contribution in [3.05, 3.63) is 58.4 Å². The smallest absolute Gasteiger partial charge is 0.319 e. The normalized spacial score (nSPS) is 19.1. The average Bonchev–Trinajstić information content (AvgIpc) is 3.23. The summed E-state index contributed by atoms with van der Waals surface area (Å²) >= 11 is 0. The van der Waals surface area contributed by atoms with Crippen LogP contribution in [0.25, 0.3) is 0 Å². The monoisotopic (exact) mass is 474 g/mol. The minimum absolute atomic E-state index is 0.104. The molecule has 9 heteroatoms. The minimum Gasteiger partial charge on any atom is -0.365 e. The van der Waals surface area contributed by atoms with E-state index in [1.165, 1.54) is 0 Å². The van der Waals surface area contributed by atoms with Gasteiger partial charge in [0.1, 0.15) is 0 Å². The molecule has 3 N–H and O–H groups in total. The molecule has 0 aliphatic carbocycles. The van der Waals surface area contributed by atoms with Crippen LogP contribution in [-0.4, -0.2) is 54.0 Å². The molecule has 2 fully saturated rings. The Kier molecular flexibility index (Phi) is 6.41. The fourth-order valence-electron chi connectivity index (χ4n) is 5.27. The highest BCUT2D eigenvalue weighted by Crippen LogP contribution is 2.44. The van der Waals surface area contributed by atoms with E-state index in [0.717, 1.165) is 37.1 Å². The number of urea groups is 1. The third-order valence-corrected chi connectivity index (χ3v) is 7.34. The molecule has 182 valence electrons. The third-order valence-electron chi connectivity index (χ3n) is 7.34. The highest BCUT2D eigenvalue weighted by molar-refractivity contribution is 5.97. The second kappa shape index (κ2) is 9.64. The van der Waals surface area contributed by atoms with Gasteiger partial charge in [0.05, 0.1) is 40.8 Å². The van der Waals surface area contributed by atoms with E-state index >= 15 is 0 Å². The number of likely N-dealkylation sites (tertiary alicyclic amines) is 1. The van der Waals surface area contributed by atoms with Gasteiger partial charge >= 0.3 is 6.03 Å². The molecule has 0 atom stereocenters. The summed E-state index contributed by atoms with van der Waals surface area (Å²) in [6.45, 7) is 5.21. The highest BCUT2D eigenvalue weighted by atomic mass is 16.5. The molecular formula is C26H30N6O3. The molecule has 35 heavy (non-hydrogen) atoms. The van der Waals surface area contributed by atoms with Crippen molar-refractivity contribution >= 4 is 17.6 Å². The van der Waals surface area contributed by atoms with E-state index in [0.29, 0.717) is 55.0 Å². The van der Waals surface area contributed by atoms with E-state index in [9.17, 15) is 9.59 Å². The predicted octanol–water partition coefficient (Wildman–Crippen LogP) is 2.80. The molecule has 0 unspecified atom stereocenters. The lowest BCUT2D eigenvalue weighted by atomic mass is 9.83. The summed E-state index contributed by atoms with van der Waals surface area (Å²) < 4.78 is 6.21. The van der Waals surface area contributed by atoms with Gasteiger partial charge in [0.2, 0.25) is 0 Å². The van der Waals surface area contributed by atoms with E-state index in [4.69, 9.17) is 10.00 Å². The fraction of sp³-hybridized carbons (Fsp3) is 0.462. The number of benzene rings is 1. The number of carbonyl (C=O) groups excluding carboxylic acids is 2. The quantitative estimate of drug-likeness (QED) is 0.629. The number of nitriles is 1. The Morgan fingerprint density at radius 1 is 1.23 bits per heavy atom. The van der Waals surface area contributed by atoms with Gasteiger partial charge in [0.15, 0.2) is 0 Å².